The highest BCUT2D eigenvalue weighted by atomic mass is 14.9. The zero-order valence-electron chi connectivity index (χ0n) is 8.86. The van der Waals surface area contributed by atoms with Crippen molar-refractivity contribution in [2.45, 2.75) is 13.8 Å². The molecule has 0 spiro atoms. The highest BCUT2D eigenvalue weighted by molar-refractivity contribution is 5.73. The summed E-state index contributed by atoms with van der Waals surface area (Å²) in [5, 5.41) is 0. The maximum atomic E-state index is 5.96. The van der Waals surface area contributed by atoms with Crippen molar-refractivity contribution in [1.82, 2.24) is 9.97 Å². The summed E-state index contributed by atoms with van der Waals surface area (Å²) in [6, 6.07) is 9.92. The van der Waals surface area contributed by atoms with E-state index in [0.717, 1.165) is 22.8 Å². The standard InChI is InChI=1S/C12H13N3/c1-8-11(13)12(15-9(2)14-8)10-6-4-3-5-7-10/h3-7H,13H2,1-2H3. The zero-order valence-corrected chi connectivity index (χ0v) is 8.86. The van der Waals surface area contributed by atoms with Crippen LogP contribution in [-0.2, 0) is 0 Å². The molecule has 15 heavy (non-hydrogen) atoms. The third-order valence-electron chi connectivity index (χ3n) is 2.30. The van der Waals surface area contributed by atoms with Gasteiger partial charge in [0.2, 0.25) is 0 Å². The molecule has 0 radical (unpaired) electrons. The first kappa shape index (κ1) is 9.65. The SMILES string of the molecule is Cc1nc(C)c(N)c(-c2ccccc2)n1. The summed E-state index contributed by atoms with van der Waals surface area (Å²) in [5.74, 6) is 0.751. The van der Waals surface area contributed by atoms with Gasteiger partial charge in [0, 0.05) is 5.56 Å². The Hall–Kier alpha value is -1.90. The molecule has 0 atom stereocenters. The summed E-state index contributed by atoms with van der Waals surface area (Å²) in [5.41, 5.74) is 9.30. The Morgan fingerprint density at radius 3 is 2.33 bits per heavy atom. The first-order valence-electron chi connectivity index (χ1n) is 4.84. The van der Waals surface area contributed by atoms with Crippen molar-refractivity contribution in [3.8, 4) is 11.3 Å². The van der Waals surface area contributed by atoms with Gasteiger partial charge in [-0.15, -0.1) is 0 Å². The van der Waals surface area contributed by atoms with Crippen LogP contribution in [0.2, 0.25) is 0 Å². The first-order chi connectivity index (χ1) is 7.18. The van der Waals surface area contributed by atoms with Gasteiger partial charge in [-0.05, 0) is 13.8 Å². The number of benzene rings is 1. The predicted molar refractivity (Wildman–Crippen MR) is 61.4 cm³/mol. The van der Waals surface area contributed by atoms with Crippen molar-refractivity contribution in [2.75, 3.05) is 5.73 Å². The summed E-state index contributed by atoms with van der Waals surface area (Å²) in [6.07, 6.45) is 0. The number of nitrogen functional groups attached to an aromatic ring is 1. The van der Waals surface area contributed by atoms with E-state index < -0.39 is 0 Å². The fourth-order valence-electron chi connectivity index (χ4n) is 1.54. The Morgan fingerprint density at radius 1 is 1.00 bits per heavy atom. The summed E-state index contributed by atoms with van der Waals surface area (Å²) in [7, 11) is 0. The van der Waals surface area contributed by atoms with Crippen molar-refractivity contribution in [3.05, 3.63) is 41.9 Å². The van der Waals surface area contributed by atoms with Crippen LogP contribution in [0, 0.1) is 13.8 Å². The lowest BCUT2D eigenvalue weighted by Gasteiger charge is -2.07. The van der Waals surface area contributed by atoms with Crippen molar-refractivity contribution < 1.29 is 0 Å². The van der Waals surface area contributed by atoms with Gasteiger partial charge in [0.05, 0.1) is 17.1 Å². The molecule has 0 fully saturated rings. The van der Waals surface area contributed by atoms with E-state index in [1.165, 1.54) is 0 Å². The Kier molecular flexibility index (Phi) is 2.37. The van der Waals surface area contributed by atoms with Gasteiger partial charge in [0.15, 0.2) is 0 Å². The molecule has 2 rings (SSSR count). The minimum atomic E-state index is 0.659. The van der Waals surface area contributed by atoms with E-state index in [9.17, 15) is 0 Å². The quantitative estimate of drug-likeness (QED) is 0.767. The van der Waals surface area contributed by atoms with Gasteiger partial charge in [-0.25, -0.2) is 9.97 Å². The van der Waals surface area contributed by atoms with Crippen LogP contribution in [0.4, 0.5) is 5.69 Å². The molecule has 1 aromatic heterocycles. The average molecular weight is 199 g/mol. The molecule has 0 saturated heterocycles. The van der Waals surface area contributed by atoms with Crippen molar-refractivity contribution in [1.29, 1.82) is 0 Å². The van der Waals surface area contributed by atoms with Gasteiger partial charge in [-0.2, -0.15) is 0 Å². The normalized spacial score (nSPS) is 10.3. The molecule has 0 aliphatic heterocycles. The fourth-order valence-corrected chi connectivity index (χ4v) is 1.54. The highest BCUT2D eigenvalue weighted by Gasteiger charge is 2.08. The van der Waals surface area contributed by atoms with Crippen LogP contribution in [0.5, 0.6) is 0 Å². The molecule has 0 amide bonds. The number of hydrogen-bond acceptors (Lipinski definition) is 3. The molecule has 76 valence electrons. The predicted octanol–water partition coefficient (Wildman–Crippen LogP) is 2.34. The maximum absolute atomic E-state index is 5.96. The number of aromatic nitrogens is 2. The van der Waals surface area contributed by atoms with E-state index in [1.54, 1.807) is 0 Å². The van der Waals surface area contributed by atoms with Gasteiger partial charge >= 0.3 is 0 Å². The number of nitrogens with two attached hydrogens (primary N) is 1. The third-order valence-corrected chi connectivity index (χ3v) is 2.30. The van der Waals surface area contributed by atoms with Crippen LogP contribution >= 0.6 is 0 Å². The van der Waals surface area contributed by atoms with E-state index >= 15 is 0 Å². The maximum Gasteiger partial charge on any atom is 0.126 e. The summed E-state index contributed by atoms with van der Waals surface area (Å²) >= 11 is 0. The van der Waals surface area contributed by atoms with E-state index in [4.69, 9.17) is 5.73 Å². The Labute approximate surface area is 89.0 Å². The molecule has 1 aromatic carbocycles. The van der Waals surface area contributed by atoms with Gasteiger partial charge in [0.1, 0.15) is 5.82 Å². The summed E-state index contributed by atoms with van der Waals surface area (Å²) < 4.78 is 0. The van der Waals surface area contributed by atoms with Gasteiger partial charge in [-0.3, -0.25) is 0 Å². The van der Waals surface area contributed by atoms with Crippen LogP contribution in [0.15, 0.2) is 30.3 Å². The van der Waals surface area contributed by atoms with Gasteiger partial charge in [-0.1, -0.05) is 30.3 Å². The lowest BCUT2D eigenvalue weighted by molar-refractivity contribution is 1.02. The van der Waals surface area contributed by atoms with Crippen LogP contribution in [0.3, 0.4) is 0 Å². The van der Waals surface area contributed by atoms with E-state index in [1.807, 2.05) is 44.2 Å². The second kappa shape index (κ2) is 3.69. The van der Waals surface area contributed by atoms with E-state index in [0.29, 0.717) is 5.69 Å². The van der Waals surface area contributed by atoms with Gasteiger partial charge in [0.25, 0.3) is 0 Å². The monoisotopic (exact) mass is 199 g/mol. The lowest BCUT2D eigenvalue weighted by atomic mass is 10.1. The van der Waals surface area contributed by atoms with Crippen molar-refractivity contribution >= 4 is 5.69 Å². The van der Waals surface area contributed by atoms with Crippen LogP contribution < -0.4 is 5.73 Å². The molecule has 0 saturated carbocycles. The first-order valence-corrected chi connectivity index (χ1v) is 4.84. The van der Waals surface area contributed by atoms with E-state index in [2.05, 4.69) is 9.97 Å². The largest absolute Gasteiger partial charge is 0.395 e. The average Bonchev–Trinajstić information content (AvgIpc) is 2.24. The van der Waals surface area contributed by atoms with Crippen molar-refractivity contribution in [2.24, 2.45) is 0 Å². The molecule has 3 nitrogen and oxygen atoms in total. The Balaban J connectivity index is 2.63. The molecule has 2 N–H and O–H groups in total. The molecule has 0 bridgehead atoms. The molecular formula is C12H13N3. The highest BCUT2D eigenvalue weighted by Crippen LogP contribution is 2.24. The van der Waals surface area contributed by atoms with Crippen molar-refractivity contribution in [3.63, 3.8) is 0 Å². The number of nitrogens with zero attached hydrogens (tertiary/aromatic N) is 2. The second-order valence-electron chi connectivity index (χ2n) is 3.48. The second-order valence-corrected chi connectivity index (χ2v) is 3.48. The molecule has 0 aliphatic carbocycles. The third kappa shape index (κ3) is 1.81. The van der Waals surface area contributed by atoms with E-state index in [-0.39, 0.29) is 0 Å². The number of rotatable bonds is 1. The topological polar surface area (TPSA) is 51.8 Å². The Morgan fingerprint density at radius 2 is 1.67 bits per heavy atom. The lowest BCUT2D eigenvalue weighted by Crippen LogP contribution is -2.01. The minimum Gasteiger partial charge on any atom is -0.395 e. The Bertz CT molecular complexity index is 478. The fraction of sp³-hybridized carbons (Fsp3) is 0.167. The zero-order chi connectivity index (χ0) is 10.8. The smallest absolute Gasteiger partial charge is 0.126 e. The number of anilines is 1. The van der Waals surface area contributed by atoms with Gasteiger partial charge < -0.3 is 5.73 Å². The molecule has 1 heterocycles. The van der Waals surface area contributed by atoms with Crippen LogP contribution in [-0.4, -0.2) is 9.97 Å². The number of hydrogen-bond donors (Lipinski definition) is 1. The molecule has 0 aliphatic rings. The molecule has 2 aromatic rings. The van der Waals surface area contributed by atoms with Crippen LogP contribution in [0.25, 0.3) is 11.3 Å². The summed E-state index contributed by atoms with van der Waals surface area (Å²) in [4.78, 5) is 8.59. The molecular weight excluding hydrogens is 186 g/mol. The molecule has 0 unspecified atom stereocenters. The summed E-state index contributed by atoms with van der Waals surface area (Å²) in [6.45, 7) is 3.77. The molecule has 3 heteroatoms. The number of aryl methyl sites for hydroxylation is 2. The van der Waals surface area contributed by atoms with Crippen LogP contribution in [0.1, 0.15) is 11.5 Å². The minimum absolute atomic E-state index is 0.659.